The van der Waals surface area contributed by atoms with Crippen LogP contribution in [0, 0.1) is 11.8 Å². The van der Waals surface area contributed by atoms with Crippen molar-refractivity contribution in [2.24, 2.45) is 24.0 Å². The van der Waals surface area contributed by atoms with E-state index in [1.165, 1.54) is 10.9 Å². The second-order valence-corrected chi connectivity index (χ2v) is 5.90. The summed E-state index contributed by atoms with van der Waals surface area (Å²) in [5.41, 5.74) is 0. The maximum Gasteiger partial charge on any atom is 0.243 e. The first-order valence-corrected chi connectivity index (χ1v) is 6.71. The maximum absolute atomic E-state index is 11.7. The molecule has 0 aromatic carbocycles. The largest absolute Gasteiger partial charge is 0.308 e. The Balaban J connectivity index is 2.24. The van der Waals surface area contributed by atoms with Gasteiger partial charge in [0.05, 0.1) is 0 Å². The van der Waals surface area contributed by atoms with Crippen molar-refractivity contribution in [3.05, 3.63) is 6.20 Å². The molecule has 0 spiro atoms. The summed E-state index contributed by atoms with van der Waals surface area (Å²) in [7, 11) is -2.32. The van der Waals surface area contributed by atoms with E-state index in [4.69, 9.17) is 5.14 Å². The van der Waals surface area contributed by atoms with Gasteiger partial charge in [-0.3, -0.25) is 9.48 Å². The molecule has 1 heterocycles. The van der Waals surface area contributed by atoms with Crippen LogP contribution < -0.4 is 10.5 Å². The average molecular weight is 258 g/mol. The number of carbonyl (C=O) groups excluding carboxylic acids is 1. The first kappa shape index (κ1) is 12.1. The minimum Gasteiger partial charge on any atom is -0.308 e. The number of hydrogen-bond donors (Lipinski definition) is 2. The Morgan fingerprint density at radius 3 is 2.71 bits per heavy atom. The van der Waals surface area contributed by atoms with Crippen LogP contribution in [0.1, 0.15) is 13.3 Å². The number of nitrogens with one attached hydrogen (secondary N) is 1. The highest BCUT2D eigenvalue weighted by Crippen LogP contribution is 2.38. The monoisotopic (exact) mass is 258 g/mol. The van der Waals surface area contributed by atoms with Crippen molar-refractivity contribution < 1.29 is 13.2 Å². The lowest BCUT2D eigenvalue weighted by atomic mass is 10.3. The van der Waals surface area contributed by atoms with Crippen LogP contribution >= 0.6 is 0 Å². The molecule has 2 rings (SSSR count). The van der Waals surface area contributed by atoms with Crippen LogP contribution in [0.4, 0.5) is 5.82 Å². The number of aryl methyl sites for hydroxylation is 1. The molecule has 0 aliphatic heterocycles. The van der Waals surface area contributed by atoms with Gasteiger partial charge in [0.25, 0.3) is 0 Å². The third-order valence-electron chi connectivity index (χ3n) is 2.79. The Hall–Kier alpha value is -1.41. The molecule has 1 fully saturated rings. The molecule has 8 heteroatoms. The highest BCUT2D eigenvalue weighted by molar-refractivity contribution is 7.89. The summed E-state index contributed by atoms with van der Waals surface area (Å²) < 4.78 is 23.8. The molecule has 94 valence electrons. The van der Waals surface area contributed by atoms with Crippen molar-refractivity contribution in [1.29, 1.82) is 0 Å². The number of sulfonamides is 1. The molecule has 1 aromatic heterocycles. The number of nitrogens with zero attached hydrogens (tertiary/aromatic N) is 2. The first-order chi connectivity index (χ1) is 7.79. The molecule has 1 aliphatic carbocycles. The van der Waals surface area contributed by atoms with Crippen molar-refractivity contribution in [2.75, 3.05) is 5.32 Å². The third-order valence-corrected chi connectivity index (χ3v) is 3.70. The SMILES string of the molecule is CC1CC1C(=O)Nc1nn(C)cc1S(N)(=O)=O. The Bertz CT molecular complexity index is 563. The summed E-state index contributed by atoms with van der Waals surface area (Å²) in [5, 5.41) is 11.4. The minimum atomic E-state index is -3.88. The van der Waals surface area contributed by atoms with Crippen molar-refractivity contribution in [3.8, 4) is 0 Å². The van der Waals surface area contributed by atoms with E-state index >= 15 is 0 Å². The van der Waals surface area contributed by atoms with E-state index in [9.17, 15) is 13.2 Å². The number of hydrogen-bond acceptors (Lipinski definition) is 4. The van der Waals surface area contributed by atoms with Gasteiger partial charge in [0, 0.05) is 19.2 Å². The van der Waals surface area contributed by atoms with E-state index in [1.807, 2.05) is 6.92 Å². The summed E-state index contributed by atoms with van der Waals surface area (Å²) in [6.45, 7) is 1.96. The van der Waals surface area contributed by atoms with E-state index in [0.717, 1.165) is 6.42 Å². The molecule has 0 radical (unpaired) electrons. The standard InChI is InChI=1S/C9H14N4O3S/c1-5-3-6(5)9(14)11-8-7(17(10,15)16)4-13(2)12-8/h4-6H,3H2,1-2H3,(H2,10,15,16)(H,11,12,14). The van der Waals surface area contributed by atoms with Gasteiger partial charge in [0.1, 0.15) is 4.90 Å². The minimum absolute atomic E-state index is 0.000833. The Kier molecular flexibility index (Phi) is 2.70. The maximum atomic E-state index is 11.7. The molecule has 1 amide bonds. The Morgan fingerprint density at radius 1 is 1.65 bits per heavy atom. The fourth-order valence-corrected chi connectivity index (χ4v) is 2.32. The zero-order valence-corrected chi connectivity index (χ0v) is 10.4. The van der Waals surface area contributed by atoms with Crippen LogP contribution in [0.5, 0.6) is 0 Å². The summed E-state index contributed by atoms with van der Waals surface area (Å²) in [6.07, 6.45) is 2.09. The summed E-state index contributed by atoms with van der Waals surface area (Å²) >= 11 is 0. The molecule has 2 unspecified atom stereocenters. The molecular weight excluding hydrogens is 244 g/mol. The van der Waals surface area contributed by atoms with Crippen molar-refractivity contribution in [1.82, 2.24) is 9.78 Å². The van der Waals surface area contributed by atoms with Gasteiger partial charge in [-0.15, -0.1) is 0 Å². The van der Waals surface area contributed by atoms with Gasteiger partial charge < -0.3 is 5.32 Å². The first-order valence-electron chi connectivity index (χ1n) is 5.16. The number of primary sulfonamides is 1. The smallest absolute Gasteiger partial charge is 0.243 e. The zero-order valence-electron chi connectivity index (χ0n) is 9.54. The predicted molar refractivity (Wildman–Crippen MR) is 60.5 cm³/mol. The zero-order chi connectivity index (χ0) is 12.8. The van der Waals surface area contributed by atoms with Gasteiger partial charge in [-0.1, -0.05) is 6.92 Å². The van der Waals surface area contributed by atoms with Gasteiger partial charge in [-0.25, -0.2) is 13.6 Å². The highest BCUT2D eigenvalue weighted by Gasteiger charge is 2.39. The Labute approximate surface area is 99.0 Å². The molecule has 1 saturated carbocycles. The van der Waals surface area contributed by atoms with Gasteiger partial charge >= 0.3 is 0 Å². The normalized spacial score (nSPS) is 23.5. The lowest BCUT2D eigenvalue weighted by Gasteiger charge is -2.02. The second-order valence-electron chi connectivity index (χ2n) is 4.37. The molecule has 1 aliphatic rings. The molecule has 17 heavy (non-hydrogen) atoms. The van der Waals surface area contributed by atoms with Gasteiger partial charge in [0.2, 0.25) is 15.9 Å². The van der Waals surface area contributed by atoms with Crippen molar-refractivity contribution in [3.63, 3.8) is 0 Å². The molecule has 7 nitrogen and oxygen atoms in total. The van der Waals surface area contributed by atoms with Gasteiger partial charge in [0.15, 0.2) is 5.82 Å². The fraction of sp³-hybridized carbons (Fsp3) is 0.556. The van der Waals surface area contributed by atoms with Crippen LogP contribution in [0.2, 0.25) is 0 Å². The molecule has 3 N–H and O–H groups in total. The van der Waals surface area contributed by atoms with E-state index < -0.39 is 10.0 Å². The lowest BCUT2D eigenvalue weighted by molar-refractivity contribution is -0.117. The van der Waals surface area contributed by atoms with Crippen LogP contribution in [0.3, 0.4) is 0 Å². The number of rotatable bonds is 3. The number of nitrogens with two attached hydrogens (primary N) is 1. The van der Waals surface area contributed by atoms with Crippen LogP contribution in [0.25, 0.3) is 0 Å². The predicted octanol–water partition coefficient (Wildman–Crippen LogP) is -0.338. The number of anilines is 1. The third kappa shape index (κ3) is 2.47. The topological polar surface area (TPSA) is 107 Å². The Morgan fingerprint density at radius 2 is 2.24 bits per heavy atom. The molecule has 1 aromatic rings. The highest BCUT2D eigenvalue weighted by atomic mass is 32.2. The average Bonchev–Trinajstić information content (AvgIpc) is 2.78. The number of carbonyl (C=O) groups is 1. The molecular formula is C9H14N4O3S. The fourth-order valence-electron chi connectivity index (χ4n) is 1.66. The quantitative estimate of drug-likeness (QED) is 0.773. The molecule has 0 saturated heterocycles. The van der Waals surface area contributed by atoms with Crippen LogP contribution in [0.15, 0.2) is 11.1 Å². The van der Waals surface area contributed by atoms with Crippen LogP contribution in [-0.4, -0.2) is 24.1 Å². The van der Waals surface area contributed by atoms with Crippen molar-refractivity contribution in [2.45, 2.75) is 18.2 Å². The van der Waals surface area contributed by atoms with Gasteiger partial charge in [-0.05, 0) is 12.3 Å². The van der Waals surface area contributed by atoms with Crippen molar-refractivity contribution >= 4 is 21.7 Å². The number of amides is 1. The van der Waals surface area contributed by atoms with E-state index in [-0.39, 0.29) is 22.5 Å². The van der Waals surface area contributed by atoms with Gasteiger partial charge in [-0.2, -0.15) is 5.10 Å². The molecule has 0 bridgehead atoms. The summed E-state index contributed by atoms with van der Waals surface area (Å²) in [6, 6.07) is 0. The second kappa shape index (κ2) is 3.81. The molecule has 2 atom stereocenters. The number of aromatic nitrogens is 2. The lowest BCUT2D eigenvalue weighted by Crippen LogP contribution is -2.19. The van der Waals surface area contributed by atoms with E-state index in [2.05, 4.69) is 10.4 Å². The van der Waals surface area contributed by atoms with Crippen LogP contribution in [-0.2, 0) is 21.9 Å². The van der Waals surface area contributed by atoms with E-state index in [1.54, 1.807) is 7.05 Å². The summed E-state index contributed by atoms with van der Waals surface area (Å²) in [4.78, 5) is 11.5. The summed E-state index contributed by atoms with van der Waals surface area (Å²) in [5.74, 6) is 0.0854. The van der Waals surface area contributed by atoms with E-state index in [0.29, 0.717) is 5.92 Å².